The molecule has 2 aromatic rings. The molecule has 0 bridgehead atoms. The highest BCUT2D eigenvalue weighted by molar-refractivity contribution is 5.87. The fourth-order valence-electron chi connectivity index (χ4n) is 6.34. The van der Waals surface area contributed by atoms with Crippen LogP contribution in [0.4, 0.5) is 11.5 Å². The van der Waals surface area contributed by atoms with E-state index in [1.807, 2.05) is 11.1 Å². The fourth-order valence-corrected chi connectivity index (χ4v) is 6.34. The van der Waals surface area contributed by atoms with Gasteiger partial charge >= 0.3 is 0 Å². The summed E-state index contributed by atoms with van der Waals surface area (Å²) < 4.78 is 12.0. The van der Waals surface area contributed by atoms with Gasteiger partial charge in [0.25, 0.3) is 0 Å². The zero-order chi connectivity index (χ0) is 24.6. The van der Waals surface area contributed by atoms with Gasteiger partial charge in [0.15, 0.2) is 0 Å². The molecule has 3 saturated heterocycles. The number of hydrogen-bond donors (Lipinski definition) is 1. The van der Waals surface area contributed by atoms with E-state index in [1.54, 1.807) is 0 Å². The number of aromatic nitrogens is 1. The first kappa shape index (κ1) is 23.5. The first-order chi connectivity index (χ1) is 17.6. The minimum Gasteiger partial charge on any atom is -0.486 e. The van der Waals surface area contributed by atoms with Crippen molar-refractivity contribution in [2.45, 2.75) is 57.1 Å². The molecule has 1 aromatic carbocycles. The van der Waals surface area contributed by atoms with Gasteiger partial charge in [-0.05, 0) is 92.4 Å². The van der Waals surface area contributed by atoms with Crippen molar-refractivity contribution in [3.63, 3.8) is 0 Å². The number of benzene rings is 1. The Morgan fingerprint density at radius 2 is 1.92 bits per heavy atom. The number of carbonyl (C=O) groups excluding carboxylic acids is 1. The highest BCUT2D eigenvalue weighted by Crippen LogP contribution is 2.42. The summed E-state index contributed by atoms with van der Waals surface area (Å²) in [6.45, 7) is 11.8. The number of piperidine rings is 1. The summed E-state index contributed by atoms with van der Waals surface area (Å²) in [7, 11) is 0. The van der Waals surface area contributed by atoms with Gasteiger partial charge in [0.05, 0.1) is 5.69 Å². The maximum atomic E-state index is 11.8. The van der Waals surface area contributed by atoms with Crippen LogP contribution < -0.4 is 10.1 Å². The Kier molecular flexibility index (Phi) is 6.44. The lowest BCUT2D eigenvalue weighted by atomic mass is 9.87. The monoisotopic (exact) mass is 488 g/mol. The van der Waals surface area contributed by atoms with E-state index >= 15 is 0 Å². The number of amides is 1. The Hall–Kier alpha value is -2.90. The third-order valence-electron chi connectivity index (χ3n) is 8.53. The number of carbonyl (C=O) groups is 1. The summed E-state index contributed by atoms with van der Waals surface area (Å²) in [6, 6.07) is 7.26. The Morgan fingerprint density at radius 3 is 2.67 bits per heavy atom. The minimum atomic E-state index is 0.0484. The van der Waals surface area contributed by atoms with Crippen molar-refractivity contribution in [2.75, 3.05) is 44.7 Å². The molecule has 6 rings (SSSR count). The summed E-state index contributed by atoms with van der Waals surface area (Å²) in [5.74, 6) is 2.94. The summed E-state index contributed by atoms with van der Waals surface area (Å²) >= 11 is 0. The fraction of sp³-hybridized carbons (Fsp3) is 0.517. The van der Waals surface area contributed by atoms with E-state index in [0.717, 1.165) is 82.3 Å². The number of nitrogens with zero attached hydrogens (tertiary/aromatic N) is 3. The maximum absolute atomic E-state index is 11.8. The number of nitrogens with one attached hydrogen (secondary N) is 1. The van der Waals surface area contributed by atoms with Gasteiger partial charge in [-0.2, -0.15) is 0 Å². The number of ether oxygens (including phenoxy) is 2. The van der Waals surface area contributed by atoms with Crippen LogP contribution in [0.15, 0.2) is 37.1 Å². The van der Waals surface area contributed by atoms with Gasteiger partial charge in [-0.1, -0.05) is 12.6 Å². The lowest BCUT2D eigenvalue weighted by molar-refractivity contribution is -0.133. The number of hydrogen-bond acceptors (Lipinski definition) is 6. The van der Waals surface area contributed by atoms with Gasteiger partial charge in [0.2, 0.25) is 5.91 Å². The van der Waals surface area contributed by atoms with Crippen molar-refractivity contribution in [1.29, 1.82) is 0 Å². The minimum absolute atomic E-state index is 0.0484. The van der Waals surface area contributed by atoms with Crippen LogP contribution in [0.3, 0.4) is 0 Å². The van der Waals surface area contributed by atoms with Gasteiger partial charge in [0.1, 0.15) is 18.2 Å². The van der Waals surface area contributed by atoms with Crippen LogP contribution in [0.1, 0.15) is 59.8 Å². The molecular weight excluding hydrogens is 452 g/mol. The smallest absolute Gasteiger partial charge is 0.246 e. The molecule has 0 atom stereocenters. The van der Waals surface area contributed by atoms with Crippen LogP contribution in [0.2, 0.25) is 0 Å². The lowest BCUT2D eigenvalue weighted by Crippen LogP contribution is -2.61. The number of pyridine rings is 1. The van der Waals surface area contributed by atoms with Gasteiger partial charge < -0.3 is 19.7 Å². The van der Waals surface area contributed by atoms with E-state index in [-0.39, 0.29) is 5.91 Å². The molecule has 4 aliphatic heterocycles. The standard InChI is InChI=1S/C29H36N4O3/c1-3-27(34)33-16-23(17-33)32-10-5-20(6-11-32)22-14-19(2)28-26(15-22)31-29-25(18-36-28)24(4-9-30-29)21-7-12-35-13-8-21/h3-4,9,14-15,20-21,23H,1,5-8,10-13,16-18H2,2H3,(H,30,31). The van der Waals surface area contributed by atoms with E-state index < -0.39 is 0 Å². The Balaban J connectivity index is 1.16. The Labute approximate surface area is 213 Å². The van der Waals surface area contributed by atoms with Crippen LogP contribution in [-0.4, -0.2) is 66.1 Å². The molecule has 7 nitrogen and oxygen atoms in total. The van der Waals surface area contributed by atoms with Gasteiger partial charge in [-0.15, -0.1) is 0 Å². The number of aryl methyl sites for hydroxylation is 1. The lowest BCUT2D eigenvalue weighted by Gasteiger charge is -2.47. The maximum Gasteiger partial charge on any atom is 0.246 e. The van der Waals surface area contributed by atoms with Crippen molar-refractivity contribution in [3.8, 4) is 5.75 Å². The van der Waals surface area contributed by atoms with Crippen LogP contribution in [0, 0.1) is 6.92 Å². The molecule has 190 valence electrons. The summed E-state index contributed by atoms with van der Waals surface area (Å²) in [6.07, 6.45) is 7.71. The van der Waals surface area contributed by atoms with Crippen molar-refractivity contribution < 1.29 is 14.3 Å². The molecule has 36 heavy (non-hydrogen) atoms. The molecule has 0 saturated carbocycles. The van der Waals surface area contributed by atoms with Crippen LogP contribution in [-0.2, 0) is 16.1 Å². The summed E-state index contributed by atoms with van der Waals surface area (Å²) in [4.78, 5) is 20.9. The molecule has 7 heteroatoms. The average molecular weight is 489 g/mol. The molecule has 0 radical (unpaired) electrons. The number of rotatable bonds is 4. The van der Waals surface area contributed by atoms with Crippen LogP contribution in [0.5, 0.6) is 5.75 Å². The molecular formula is C29H36N4O3. The summed E-state index contributed by atoms with van der Waals surface area (Å²) in [5.41, 5.74) is 6.11. The second-order valence-corrected chi connectivity index (χ2v) is 10.7. The Morgan fingerprint density at radius 1 is 1.14 bits per heavy atom. The molecule has 0 spiro atoms. The zero-order valence-electron chi connectivity index (χ0n) is 21.2. The molecule has 5 heterocycles. The van der Waals surface area contributed by atoms with Crippen LogP contribution >= 0.6 is 0 Å². The highest BCUT2D eigenvalue weighted by atomic mass is 16.5. The largest absolute Gasteiger partial charge is 0.486 e. The first-order valence-electron chi connectivity index (χ1n) is 13.4. The molecule has 1 amide bonds. The van der Waals surface area contributed by atoms with E-state index in [2.05, 4.69) is 41.9 Å². The van der Waals surface area contributed by atoms with Gasteiger partial charge in [-0.3, -0.25) is 9.69 Å². The molecule has 4 aliphatic rings. The quantitative estimate of drug-likeness (QED) is 0.640. The van der Waals surface area contributed by atoms with Crippen LogP contribution in [0.25, 0.3) is 0 Å². The number of anilines is 2. The van der Waals surface area contributed by atoms with E-state index in [4.69, 9.17) is 14.5 Å². The van der Waals surface area contributed by atoms with E-state index in [1.165, 1.54) is 28.3 Å². The SMILES string of the molecule is C=CC(=O)N1CC(N2CCC(c3cc(C)c4c(c3)Nc3nccc(C5CCOCC5)c3CO4)CC2)C1. The summed E-state index contributed by atoms with van der Waals surface area (Å²) in [5, 5.41) is 3.65. The van der Waals surface area contributed by atoms with Gasteiger partial charge in [-0.25, -0.2) is 4.98 Å². The third-order valence-corrected chi connectivity index (χ3v) is 8.53. The van der Waals surface area contributed by atoms with E-state index in [0.29, 0.717) is 24.5 Å². The van der Waals surface area contributed by atoms with Crippen molar-refractivity contribution in [3.05, 3.63) is 59.3 Å². The van der Waals surface area contributed by atoms with E-state index in [9.17, 15) is 4.79 Å². The topological polar surface area (TPSA) is 66.9 Å². The third kappa shape index (κ3) is 4.39. The molecule has 0 unspecified atom stereocenters. The second-order valence-electron chi connectivity index (χ2n) is 10.7. The number of fused-ring (bicyclic) bond motifs is 2. The normalized spacial score (nSPS) is 21.4. The highest BCUT2D eigenvalue weighted by Gasteiger charge is 2.36. The molecule has 1 N–H and O–H groups in total. The van der Waals surface area contributed by atoms with Crippen molar-refractivity contribution >= 4 is 17.4 Å². The van der Waals surface area contributed by atoms with Gasteiger partial charge in [0, 0.05) is 44.1 Å². The molecule has 3 fully saturated rings. The molecule has 1 aromatic heterocycles. The predicted molar refractivity (Wildman–Crippen MR) is 140 cm³/mol. The first-order valence-corrected chi connectivity index (χ1v) is 13.4. The average Bonchev–Trinajstić information content (AvgIpc) is 3.08. The second kappa shape index (κ2) is 9.87. The predicted octanol–water partition coefficient (Wildman–Crippen LogP) is 4.50. The Bertz CT molecular complexity index is 1150. The number of likely N-dealkylation sites (tertiary alicyclic amines) is 2. The van der Waals surface area contributed by atoms with Crippen molar-refractivity contribution in [1.82, 2.24) is 14.8 Å². The zero-order valence-corrected chi connectivity index (χ0v) is 21.2. The molecule has 0 aliphatic carbocycles. The van der Waals surface area contributed by atoms with Crippen molar-refractivity contribution in [2.24, 2.45) is 0 Å².